The fraction of sp³-hybridized carbons (Fsp3) is 0.192. The number of benzene rings is 3. The molecule has 2 aliphatic rings. The lowest BCUT2D eigenvalue weighted by atomic mass is 10.0. The molecule has 0 bridgehead atoms. The van der Waals surface area contributed by atoms with E-state index in [1.54, 1.807) is 36.4 Å². The Morgan fingerprint density at radius 2 is 1.64 bits per heavy atom. The molecule has 1 amide bonds. The molecule has 7 heteroatoms. The average Bonchev–Trinajstić information content (AvgIpc) is 3.16. The van der Waals surface area contributed by atoms with E-state index in [0.717, 1.165) is 29.9 Å². The first kappa shape index (κ1) is 20.9. The third-order valence-corrected chi connectivity index (χ3v) is 6.02. The minimum atomic E-state index is -0.542. The average molecular weight is 442 g/mol. The zero-order chi connectivity index (χ0) is 22.9. The van der Waals surface area contributed by atoms with Crippen molar-refractivity contribution in [3.05, 3.63) is 82.9 Å². The van der Waals surface area contributed by atoms with Gasteiger partial charge >= 0.3 is 5.97 Å². The van der Waals surface area contributed by atoms with Gasteiger partial charge in [0.15, 0.2) is 5.78 Å². The molecular weight excluding hydrogens is 420 g/mol. The van der Waals surface area contributed by atoms with Crippen LogP contribution in [0.15, 0.2) is 60.7 Å². The number of hydrogen-bond donors (Lipinski definition) is 1. The van der Waals surface area contributed by atoms with E-state index in [1.165, 1.54) is 7.11 Å². The predicted octanol–water partition coefficient (Wildman–Crippen LogP) is 3.77. The smallest absolute Gasteiger partial charge is 0.340 e. The zero-order valence-corrected chi connectivity index (χ0v) is 18.1. The van der Waals surface area contributed by atoms with Crippen molar-refractivity contribution in [2.45, 2.75) is 0 Å². The molecule has 1 aliphatic heterocycles. The number of carbonyl (C=O) groups excluding carboxylic acids is 3. The van der Waals surface area contributed by atoms with Crippen LogP contribution in [0.3, 0.4) is 0 Å². The number of ether oxygens (including phenoxy) is 2. The van der Waals surface area contributed by atoms with E-state index in [0.29, 0.717) is 35.6 Å². The van der Waals surface area contributed by atoms with Crippen molar-refractivity contribution >= 4 is 29.0 Å². The number of fused-ring (bicyclic) bond motifs is 3. The molecule has 1 heterocycles. The summed E-state index contributed by atoms with van der Waals surface area (Å²) < 4.78 is 10.3. The molecule has 7 nitrogen and oxygen atoms in total. The molecule has 0 radical (unpaired) electrons. The van der Waals surface area contributed by atoms with Crippen LogP contribution in [0.4, 0.5) is 11.4 Å². The van der Waals surface area contributed by atoms with Crippen molar-refractivity contribution in [1.29, 1.82) is 0 Å². The largest absolute Gasteiger partial charge is 0.465 e. The molecule has 33 heavy (non-hydrogen) atoms. The number of amides is 1. The van der Waals surface area contributed by atoms with Crippen LogP contribution in [0.5, 0.6) is 0 Å². The van der Waals surface area contributed by atoms with Gasteiger partial charge in [0.1, 0.15) is 0 Å². The Morgan fingerprint density at radius 1 is 0.909 bits per heavy atom. The van der Waals surface area contributed by atoms with E-state index in [9.17, 15) is 14.4 Å². The predicted molar refractivity (Wildman–Crippen MR) is 124 cm³/mol. The number of ketones is 1. The van der Waals surface area contributed by atoms with Gasteiger partial charge in [-0.15, -0.1) is 0 Å². The molecule has 0 saturated carbocycles. The van der Waals surface area contributed by atoms with Crippen molar-refractivity contribution < 1.29 is 23.9 Å². The molecule has 0 aromatic heterocycles. The minimum Gasteiger partial charge on any atom is -0.465 e. The van der Waals surface area contributed by atoms with Gasteiger partial charge in [0.25, 0.3) is 5.91 Å². The lowest BCUT2D eigenvalue weighted by Crippen LogP contribution is -2.36. The van der Waals surface area contributed by atoms with Gasteiger partial charge in [-0.2, -0.15) is 0 Å². The first-order valence-corrected chi connectivity index (χ1v) is 10.7. The summed E-state index contributed by atoms with van der Waals surface area (Å²) in [6, 6.07) is 17.7. The number of morpholine rings is 1. The number of esters is 1. The second-order valence-electron chi connectivity index (χ2n) is 7.91. The minimum absolute atomic E-state index is 0.0969. The summed E-state index contributed by atoms with van der Waals surface area (Å²) in [6.45, 7) is 2.68. The summed E-state index contributed by atoms with van der Waals surface area (Å²) in [6.07, 6.45) is 0. The standard InChI is InChI=1S/C26H22N2O5/c1-32-26(31)22-15-17(28-10-12-33-13-11-28)7-9-23(22)27-25(30)16-6-8-19-18-4-2-3-5-20(18)24(29)21(19)14-16/h2-9,14-15H,10-13H2,1H3,(H,27,30). The molecule has 0 spiro atoms. The molecular formula is C26H22N2O5. The van der Waals surface area contributed by atoms with Crippen LogP contribution in [0.1, 0.15) is 36.6 Å². The maximum absolute atomic E-state index is 13.0. The topological polar surface area (TPSA) is 84.9 Å². The van der Waals surface area contributed by atoms with Crippen molar-refractivity contribution in [3.8, 4) is 11.1 Å². The van der Waals surface area contributed by atoms with E-state index in [1.807, 2.05) is 24.3 Å². The second-order valence-corrected chi connectivity index (χ2v) is 7.91. The van der Waals surface area contributed by atoms with Gasteiger partial charge in [-0.25, -0.2) is 4.79 Å². The Kier molecular flexibility index (Phi) is 5.40. The summed E-state index contributed by atoms with van der Waals surface area (Å²) in [7, 11) is 1.30. The van der Waals surface area contributed by atoms with Crippen LogP contribution in [-0.4, -0.2) is 51.1 Å². The van der Waals surface area contributed by atoms with Crippen molar-refractivity contribution in [2.75, 3.05) is 43.6 Å². The van der Waals surface area contributed by atoms with Gasteiger partial charge in [-0.1, -0.05) is 30.3 Å². The van der Waals surface area contributed by atoms with Crippen molar-refractivity contribution in [3.63, 3.8) is 0 Å². The van der Waals surface area contributed by atoms with Crippen LogP contribution >= 0.6 is 0 Å². The monoisotopic (exact) mass is 442 g/mol. The van der Waals surface area contributed by atoms with Crippen LogP contribution in [0, 0.1) is 0 Å². The van der Waals surface area contributed by atoms with E-state index in [-0.39, 0.29) is 11.3 Å². The molecule has 1 N–H and O–H groups in total. The quantitative estimate of drug-likeness (QED) is 0.485. The maximum atomic E-state index is 13.0. The van der Waals surface area contributed by atoms with E-state index >= 15 is 0 Å². The highest BCUT2D eigenvalue weighted by Crippen LogP contribution is 2.37. The first-order valence-electron chi connectivity index (χ1n) is 10.7. The SMILES string of the molecule is COC(=O)c1cc(N2CCOCC2)ccc1NC(=O)c1ccc2c(c1)C(=O)c1ccccc1-2. The second kappa shape index (κ2) is 8.52. The third kappa shape index (κ3) is 3.76. The summed E-state index contributed by atoms with van der Waals surface area (Å²) in [5.74, 6) is -1.05. The summed E-state index contributed by atoms with van der Waals surface area (Å²) in [4.78, 5) is 40.4. The normalized spacial score (nSPS) is 14.5. The van der Waals surface area contributed by atoms with E-state index < -0.39 is 11.9 Å². The molecule has 1 aliphatic carbocycles. The molecule has 5 rings (SSSR count). The number of anilines is 2. The molecule has 1 saturated heterocycles. The van der Waals surface area contributed by atoms with Crippen LogP contribution in [0.2, 0.25) is 0 Å². The summed E-state index contributed by atoms with van der Waals surface area (Å²) >= 11 is 0. The molecule has 1 fully saturated rings. The van der Waals surface area contributed by atoms with Crippen LogP contribution in [-0.2, 0) is 9.47 Å². The van der Waals surface area contributed by atoms with Gasteiger partial charge in [0.05, 0.1) is 31.6 Å². The number of rotatable bonds is 4. The van der Waals surface area contributed by atoms with Crippen LogP contribution in [0.25, 0.3) is 11.1 Å². The lowest BCUT2D eigenvalue weighted by molar-refractivity contribution is 0.0602. The molecule has 0 atom stereocenters. The Hall–Kier alpha value is -3.97. The highest BCUT2D eigenvalue weighted by Gasteiger charge is 2.27. The fourth-order valence-electron chi connectivity index (χ4n) is 4.30. The number of nitrogens with one attached hydrogen (secondary N) is 1. The Bertz CT molecular complexity index is 1280. The van der Waals surface area contributed by atoms with Gasteiger partial charge < -0.3 is 19.7 Å². The summed E-state index contributed by atoms with van der Waals surface area (Å²) in [5, 5.41) is 2.81. The van der Waals surface area contributed by atoms with Gasteiger partial charge in [0.2, 0.25) is 0 Å². The molecule has 166 valence electrons. The van der Waals surface area contributed by atoms with E-state index in [2.05, 4.69) is 10.2 Å². The Balaban J connectivity index is 1.43. The number of hydrogen-bond acceptors (Lipinski definition) is 6. The first-order chi connectivity index (χ1) is 16.1. The lowest BCUT2D eigenvalue weighted by Gasteiger charge is -2.29. The highest BCUT2D eigenvalue weighted by molar-refractivity contribution is 6.22. The van der Waals surface area contributed by atoms with Crippen molar-refractivity contribution in [1.82, 2.24) is 0 Å². The molecule has 3 aromatic rings. The zero-order valence-electron chi connectivity index (χ0n) is 18.1. The number of nitrogens with zero attached hydrogens (tertiary/aromatic N) is 1. The van der Waals surface area contributed by atoms with Crippen molar-refractivity contribution in [2.24, 2.45) is 0 Å². The Labute approximate surface area is 190 Å². The Morgan fingerprint density at radius 3 is 2.39 bits per heavy atom. The maximum Gasteiger partial charge on any atom is 0.340 e. The highest BCUT2D eigenvalue weighted by atomic mass is 16.5. The molecule has 3 aromatic carbocycles. The number of methoxy groups -OCH3 is 1. The van der Waals surface area contributed by atoms with Crippen LogP contribution < -0.4 is 10.2 Å². The van der Waals surface area contributed by atoms with Gasteiger partial charge in [-0.05, 0) is 41.5 Å². The number of carbonyl (C=O) groups is 3. The van der Waals surface area contributed by atoms with E-state index in [4.69, 9.17) is 9.47 Å². The third-order valence-electron chi connectivity index (χ3n) is 6.02. The van der Waals surface area contributed by atoms with Gasteiger partial charge in [-0.3, -0.25) is 9.59 Å². The summed E-state index contributed by atoms with van der Waals surface area (Å²) in [5.41, 5.74) is 4.63. The molecule has 0 unspecified atom stereocenters. The fourth-order valence-corrected chi connectivity index (χ4v) is 4.30. The van der Waals surface area contributed by atoms with Gasteiger partial charge in [0, 0.05) is 35.5 Å².